The number of amides is 2. The molecule has 25 heavy (non-hydrogen) atoms. The smallest absolute Gasteiger partial charge is 0.417 e. The monoisotopic (exact) mass is 337 g/mol. The van der Waals surface area contributed by atoms with Crippen molar-refractivity contribution in [1.29, 1.82) is 0 Å². The van der Waals surface area contributed by atoms with Gasteiger partial charge in [0.05, 0.1) is 13.1 Å². The summed E-state index contributed by atoms with van der Waals surface area (Å²) in [5.41, 5.74) is 9.60. The van der Waals surface area contributed by atoms with Crippen LogP contribution in [0.25, 0.3) is 11.1 Å². The highest BCUT2D eigenvalue weighted by atomic mass is 16.6. The summed E-state index contributed by atoms with van der Waals surface area (Å²) in [6.07, 6.45) is 0.634. The first-order valence-electron chi connectivity index (χ1n) is 7.87. The molecule has 0 unspecified atom stereocenters. The van der Waals surface area contributed by atoms with E-state index in [-0.39, 0.29) is 19.1 Å². The summed E-state index contributed by atoms with van der Waals surface area (Å²) in [7, 11) is 0. The summed E-state index contributed by atoms with van der Waals surface area (Å²) in [4.78, 5) is 35.0. The van der Waals surface area contributed by atoms with Gasteiger partial charge in [-0.1, -0.05) is 48.5 Å². The molecule has 0 aliphatic heterocycles. The van der Waals surface area contributed by atoms with Crippen molar-refractivity contribution < 1.29 is 19.1 Å². The number of hydrogen-bond donors (Lipinski definition) is 1. The van der Waals surface area contributed by atoms with E-state index in [1.165, 1.54) is 6.29 Å². The molecule has 1 radical (unpaired) electrons. The van der Waals surface area contributed by atoms with Crippen LogP contribution in [-0.2, 0) is 14.3 Å². The first-order valence-corrected chi connectivity index (χ1v) is 7.87. The Bertz CT molecular complexity index is 773. The highest BCUT2D eigenvalue weighted by Crippen LogP contribution is 2.44. The van der Waals surface area contributed by atoms with E-state index in [0.29, 0.717) is 4.90 Å². The molecular weight excluding hydrogens is 320 g/mol. The summed E-state index contributed by atoms with van der Waals surface area (Å²) < 4.78 is 5.31. The van der Waals surface area contributed by atoms with Crippen molar-refractivity contribution in [3.8, 4) is 11.1 Å². The Morgan fingerprint density at radius 3 is 2.12 bits per heavy atom. The summed E-state index contributed by atoms with van der Waals surface area (Å²) in [5, 5.41) is 0. The van der Waals surface area contributed by atoms with Gasteiger partial charge in [0.2, 0.25) is 12.2 Å². The van der Waals surface area contributed by atoms with E-state index in [4.69, 9.17) is 10.5 Å². The van der Waals surface area contributed by atoms with Gasteiger partial charge in [0.1, 0.15) is 6.61 Å². The van der Waals surface area contributed by atoms with Crippen LogP contribution in [0.5, 0.6) is 0 Å². The number of carbonyl (C=O) groups is 2. The molecule has 2 aromatic rings. The summed E-state index contributed by atoms with van der Waals surface area (Å²) in [6, 6.07) is 15.8. The highest BCUT2D eigenvalue weighted by Gasteiger charge is 2.30. The molecule has 0 bridgehead atoms. The second kappa shape index (κ2) is 7.27. The first-order chi connectivity index (χ1) is 12.2. The predicted octanol–water partition coefficient (Wildman–Crippen LogP) is 1.83. The molecule has 127 valence electrons. The lowest BCUT2D eigenvalue weighted by Gasteiger charge is -2.19. The highest BCUT2D eigenvalue weighted by molar-refractivity contribution is 5.94. The minimum Gasteiger partial charge on any atom is -0.448 e. The van der Waals surface area contributed by atoms with Crippen LogP contribution < -0.4 is 5.73 Å². The van der Waals surface area contributed by atoms with Crippen LogP contribution in [0.3, 0.4) is 0 Å². The number of nitrogens with two attached hydrogens (primary N) is 1. The third-order valence-corrected chi connectivity index (χ3v) is 4.25. The van der Waals surface area contributed by atoms with E-state index in [9.17, 15) is 14.4 Å². The number of imide groups is 1. The largest absolute Gasteiger partial charge is 0.448 e. The van der Waals surface area contributed by atoms with Crippen molar-refractivity contribution in [3.05, 3.63) is 59.7 Å². The Balaban J connectivity index is 1.80. The van der Waals surface area contributed by atoms with Gasteiger partial charge in [0.25, 0.3) is 0 Å². The zero-order chi connectivity index (χ0) is 17.8. The molecule has 2 amide bonds. The quantitative estimate of drug-likeness (QED) is 0.899. The lowest BCUT2D eigenvalue weighted by Crippen LogP contribution is -2.42. The Labute approximate surface area is 145 Å². The van der Waals surface area contributed by atoms with Crippen LogP contribution >= 0.6 is 0 Å². The first kappa shape index (κ1) is 16.9. The molecule has 2 N–H and O–H groups in total. The SMILES string of the molecule is NCC(=O)N(C[C]=O)C(=O)OCC1c2ccccc2-c2ccccc21. The molecule has 0 saturated carbocycles. The lowest BCUT2D eigenvalue weighted by molar-refractivity contribution is -0.127. The van der Waals surface area contributed by atoms with Crippen molar-refractivity contribution in [2.24, 2.45) is 5.73 Å². The van der Waals surface area contributed by atoms with Crippen LogP contribution in [0.15, 0.2) is 48.5 Å². The minimum atomic E-state index is -0.888. The van der Waals surface area contributed by atoms with Crippen LogP contribution in [0.2, 0.25) is 0 Å². The van der Waals surface area contributed by atoms with Gasteiger partial charge in [-0.05, 0) is 22.3 Å². The van der Waals surface area contributed by atoms with E-state index in [2.05, 4.69) is 0 Å². The maximum atomic E-state index is 12.2. The number of hydrogen-bond acceptors (Lipinski definition) is 5. The Hall–Kier alpha value is -2.99. The van der Waals surface area contributed by atoms with E-state index in [0.717, 1.165) is 22.3 Å². The normalized spacial score (nSPS) is 12.2. The van der Waals surface area contributed by atoms with Crippen molar-refractivity contribution in [2.75, 3.05) is 19.7 Å². The second-order valence-corrected chi connectivity index (χ2v) is 5.63. The van der Waals surface area contributed by atoms with Gasteiger partial charge in [-0.2, -0.15) is 0 Å². The fourth-order valence-electron chi connectivity index (χ4n) is 3.10. The van der Waals surface area contributed by atoms with Crippen molar-refractivity contribution in [2.45, 2.75) is 5.92 Å². The maximum absolute atomic E-state index is 12.2. The van der Waals surface area contributed by atoms with Gasteiger partial charge in [-0.3, -0.25) is 9.59 Å². The average Bonchev–Trinajstić information content (AvgIpc) is 2.97. The van der Waals surface area contributed by atoms with Crippen LogP contribution in [-0.4, -0.2) is 42.9 Å². The molecule has 0 fully saturated rings. The predicted molar refractivity (Wildman–Crippen MR) is 91.5 cm³/mol. The Kier molecular flexibility index (Phi) is 4.90. The number of nitrogens with zero attached hydrogens (tertiary/aromatic N) is 1. The van der Waals surface area contributed by atoms with E-state index in [1.54, 1.807) is 0 Å². The van der Waals surface area contributed by atoms with Crippen LogP contribution in [0, 0.1) is 0 Å². The number of rotatable bonds is 5. The molecule has 0 atom stereocenters. The second-order valence-electron chi connectivity index (χ2n) is 5.63. The van der Waals surface area contributed by atoms with Gasteiger partial charge >= 0.3 is 6.09 Å². The molecule has 2 aromatic carbocycles. The fourth-order valence-corrected chi connectivity index (χ4v) is 3.10. The average molecular weight is 337 g/mol. The van der Waals surface area contributed by atoms with Crippen LogP contribution in [0.4, 0.5) is 4.79 Å². The molecule has 3 rings (SSSR count). The summed E-state index contributed by atoms with van der Waals surface area (Å²) in [6.45, 7) is -0.807. The minimum absolute atomic E-state index is 0.0695. The third-order valence-electron chi connectivity index (χ3n) is 4.25. The summed E-state index contributed by atoms with van der Waals surface area (Å²) in [5.74, 6) is -0.799. The zero-order valence-corrected chi connectivity index (χ0v) is 13.5. The van der Waals surface area contributed by atoms with E-state index < -0.39 is 18.5 Å². The molecule has 1 aliphatic carbocycles. The summed E-state index contributed by atoms with van der Waals surface area (Å²) >= 11 is 0. The van der Waals surface area contributed by atoms with Gasteiger partial charge in [-0.15, -0.1) is 0 Å². The zero-order valence-electron chi connectivity index (χ0n) is 13.5. The molecule has 0 spiro atoms. The standard InChI is InChI=1S/C19H17N2O4/c20-11-18(23)21(9-10-22)19(24)25-12-17-15-7-3-1-5-13(15)14-6-2-4-8-16(14)17/h1-8,17H,9,11-12,20H2. The van der Waals surface area contributed by atoms with Gasteiger partial charge < -0.3 is 10.5 Å². The molecule has 0 heterocycles. The number of carbonyl (C=O) groups excluding carboxylic acids is 3. The van der Waals surface area contributed by atoms with Crippen molar-refractivity contribution in [3.63, 3.8) is 0 Å². The maximum Gasteiger partial charge on any atom is 0.417 e. The van der Waals surface area contributed by atoms with Gasteiger partial charge in [0.15, 0.2) is 0 Å². The third kappa shape index (κ3) is 3.16. The van der Waals surface area contributed by atoms with E-state index in [1.807, 2.05) is 48.5 Å². The topological polar surface area (TPSA) is 89.7 Å². The number of ether oxygens (including phenoxy) is 1. The molecule has 0 saturated heterocycles. The molecule has 6 heteroatoms. The lowest BCUT2D eigenvalue weighted by atomic mass is 9.98. The van der Waals surface area contributed by atoms with Crippen molar-refractivity contribution in [1.82, 2.24) is 4.90 Å². The molecule has 6 nitrogen and oxygen atoms in total. The Morgan fingerprint density at radius 1 is 1.04 bits per heavy atom. The van der Waals surface area contributed by atoms with E-state index >= 15 is 0 Å². The number of benzene rings is 2. The van der Waals surface area contributed by atoms with Gasteiger partial charge in [0, 0.05) is 5.92 Å². The number of fused-ring (bicyclic) bond motifs is 3. The fraction of sp³-hybridized carbons (Fsp3) is 0.211. The Morgan fingerprint density at radius 2 is 1.60 bits per heavy atom. The molecule has 1 aliphatic rings. The molecular formula is C19H17N2O4. The van der Waals surface area contributed by atoms with Crippen molar-refractivity contribution >= 4 is 18.3 Å². The molecule has 0 aromatic heterocycles. The van der Waals surface area contributed by atoms with Crippen LogP contribution in [0.1, 0.15) is 17.0 Å². The van der Waals surface area contributed by atoms with Gasteiger partial charge in [-0.25, -0.2) is 9.69 Å².